The lowest BCUT2D eigenvalue weighted by Gasteiger charge is -2.48. The van der Waals surface area contributed by atoms with Crippen LogP contribution in [-0.2, 0) is 14.4 Å². The SMILES string of the molecule is CC(C)(C)N([C@@H](CCC(=O)O)C(=O)N=C=O)C(C)(C)C. The zero-order valence-electron chi connectivity index (χ0n) is 13.1. The van der Waals surface area contributed by atoms with Crippen molar-refractivity contribution in [3.63, 3.8) is 0 Å². The molecule has 1 amide bonds. The van der Waals surface area contributed by atoms with E-state index in [2.05, 4.69) is 4.99 Å². The summed E-state index contributed by atoms with van der Waals surface area (Å²) in [4.78, 5) is 38.2. The third-order valence-corrected chi connectivity index (χ3v) is 2.83. The Kier molecular flexibility index (Phi) is 6.26. The molecule has 0 aliphatic carbocycles. The Labute approximate surface area is 119 Å². The van der Waals surface area contributed by atoms with Gasteiger partial charge < -0.3 is 5.11 Å². The molecular weight excluding hydrogens is 260 g/mol. The average molecular weight is 284 g/mol. The van der Waals surface area contributed by atoms with E-state index in [0.29, 0.717) is 0 Å². The molecule has 0 saturated carbocycles. The molecule has 0 aromatic rings. The Bertz CT molecular complexity index is 398. The summed E-state index contributed by atoms with van der Waals surface area (Å²) in [5.41, 5.74) is -0.759. The lowest BCUT2D eigenvalue weighted by Crippen LogP contribution is -2.59. The number of hydrogen-bond donors (Lipinski definition) is 1. The molecule has 0 aromatic carbocycles. The molecule has 6 nitrogen and oxygen atoms in total. The Balaban J connectivity index is 5.58. The molecule has 0 fully saturated rings. The maximum absolute atomic E-state index is 12.0. The van der Waals surface area contributed by atoms with Gasteiger partial charge in [0.05, 0.1) is 6.04 Å². The molecule has 0 rings (SSSR count). The summed E-state index contributed by atoms with van der Waals surface area (Å²) in [7, 11) is 0. The number of rotatable bonds is 5. The average Bonchev–Trinajstić information content (AvgIpc) is 2.19. The molecular formula is C14H24N2O4. The predicted molar refractivity (Wildman–Crippen MR) is 75.1 cm³/mol. The number of aliphatic imine (C=N–C) groups is 1. The van der Waals surface area contributed by atoms with E-state index < -0.39 is 17.9 Å². The van der Waals surface area contributed by atoms with Gasteiger partial charge in [-0.25, -0.2) is 4.79 Å². The Morgan fingerprint density at radius 3 is 1.90 bits per heavy atom. The highest BCUT2D eigenvalue weighted by atomic mass is 16.4. The summed E-state index contributed by atoms with van der Waals surface area (Å²) >= 11 is 0. The minimum atomic E-state index is -0.986. The van der Waals surface area contributed by atoms with Crippen LogP contribution in [0.3, 0.4) is 0 Å². The van der Waals surface area contributed by atoms with Crippen LogP contribution < -0.4 is 0 Å². The smallest absolute Gasteiger partial charge is 0.303 e. The summed E-state index contributed by atoms with van der Waals surface area (Å²) in [6.07, 6.45) is 1.19. The number of amides is 1. The molecule has 0 aliphatic heterocycles. The van der Waals surface area contributed by atoms with Gasteiger partial charge in [-0.05, 0) is 48.0 Å². The van der Waals surface area contributed by atoms with Gasteiger partial charge in [-0.3, -0.25) is 14.5 Å². The molecule has 0 aromatic heterocycles. The first-order valence-electron chi connectivity index (χ1n) is 6.54. The van der Waals surface area contributed by atoms with Gasteiger partial charge in [-0.1, -0.05) is 0 Å². The van der Waals surface area contributed by atoms with Crippen molar-refractivity contribution >= 4 is 18.0 Å². The molecule has 0 spiro atoms. The van der Waals surface area contributed by atoms with Crippen molar-refractivity contribution in [2.24, 2.45) is 4.99 Å². The summed E-state index contributed by atoms with van der Waals surface area (Å²) in [5.74, 6) is -1.63. The minimum Gasteiger partial charge on any atom is -0.481 e. The molecule has 114 valence electrons. The molecule has 1 N–H and O–H groups in total. The fraction of sp³-hybridized carbons (Fsp3) is 0.786. The van der Waals surface area contributed by atoms with Crippen LogP contribution in [0.1, 0.15) is 54.4 Å². The fourth-order valence-corrected chi connectivity index (χ4v) is 2.68. The van der Waals surface area contributed by atoms with Crippen molar-refractivity contribution < 1.29 is 19.5 Å². The summed E-state index contributed by atoms with van der Waals surface area (Å²) in [6, 6.07) is -0.757. The Morgan fingerprint density at radius 1 is 1.15 bits per heavy atom. The molecule has 20 heavy (non-hydrogen) atoms. The van der Waals surface area contributed by atoms with Crippen molar-refractivity contribution in [1.82, 2.24) is 4.90 Å². The van der Waals surface area contributed by atoms with E-state index in [1.54, 1.807) is 0 Å². The highest BCUT2D eigenvalue weighted by molar-refractivity contribution is 5.87. The van der Waals surface area contributed by atoms with Gasteiger partial charge in [-0.15, -0.1) is 4.99 Å². The fourth-order valence-electron chi connectivity index (χ4n) is 2.68. The molecule has 0 aliphatic rings. The van der Waals surface area contributed by atoms with E-state index in [1.807, 2.05) is 46.4 Å². The van der Waals surface area contributed by atoms with Crippen LogP contribution in [0, 0.1) is 0 Å². The third-order valence-electron chi connectivity index (χ3n) is 2.83. The highest BCUT2D eigenvalue weighted by Gasteiger charge is 2.40. The van der Waals surface area contributed by atoms with Crippen molar-refractivity contribution in [3.05, 3.63) is 0 Å². The zero-order chi connectivity index (χ0) is 16.1. The second kappa shape index (κ2) is 6.77. The van der Waals surface area contributed by atoms with E-state index in [9.17, 15) is 14.4 Å². The number of carbonyl (C=O) groups excluding carboxylic acids is 2. The molecule has 0 bridgehead atoms. The normalized spacial score (nSPS) is 13.8. The number of carboxylic acid groups (broad SMARTS) is 1. The van der Waals surface area contributed by atoms with Gasteiger partial charge in [0.15, 0.2) is 0 Å². The second-order valence-corrected chi connectivity index (χ2v) is 6.70. The van der Waals surface area contributed by atoms with Crippen molar-refractivity contribution in [3.8, 4) is 0 Å². The van der Waals surface area contributed by atoms with E-state index >= 15 is 0 Å². The summed E-state index contributed by atoms with van der Waals surface area (Å²) in [5, 5.41) is 8.82. The monoisotopic (exact) mass is 284 g/mol. The van der Waals surface area contributed by atoms with Gasteiger partial charge in [0.2, 0.25) is 6.08 Å². The number of aliphatic carboxylic acids is 1. The van der Waals surface area contributed by atoms with Crippen LogP contribution in [0.15, 0.2) is 4.99 Å². The number of hydrogen-bond acceptors (Lipinski definition) is 4. The third kappa shape index (κ3) is 5.63. The van der Waals surface area contributed by atoms with E-state index in [-0.39, 0.29) is 23.9 Å². The maximum atomic E-state index is 12.0. The second-order valence-electron chi connectivity index (χ2n) is 6.70. The van der Waals surface area contributed by atoms with Crippen LogP contribution in [0.2, 0.25) is 0 Å². The van der Waals surface area contributed by atoms with Gasteiger partial charge in [0, 0.05) is 17.5 Å². The first-order valence-corrected chi connectivity index (χ1v) is 6.54. The molecule has 1 atom stereocenters. The highest BCUT2D eigenvalue weighted by Crippen LogP contribution is 2.30. The maximum Gasteiger partial charge on any atom is 0.303 e. The van der Waals surface area contributed by atoms with Crippen LogP contribution in [-0.4, -0.2) is 45.1 Å². The molecule has 0 radical (unpaired) electrons. The van der Waals surface area contributed by atoms with Gasteiger partial charge in [0.1, 0.15) is 0 Å². The molecule has 0 unspecified atom stereocenters. The van der Waals surface area contributed by atoms with Gasteiger partial charge in [0.25, 0.3) is 5.91 Å². The first-order chi connectivity index (χ1) is 8.91. The van der Waals surface area contributed by atoms with E-state index in [0.717, 1.165) is 0 Å². The molecule has 0 heterocycles. The van der Waals surface area contributed by atoms with Crippen LogP contribution in [0.5, 0.6) is 0 Å². The van der Waals surface area contributed by atoms with Crippen molar-refractivity contribution in [1.29, 1.82) is 0 Å². The number of isocyanates is 1. The van der Waals surface area contributed by atoms with Crippen molar-refractivity contribution in [2.75, 3.05) is 0 Å². The van der Waals surface area contributed by atoms with Crippen LogP contribution >= 0.6 is 0 Å². The minimum absolute atomic E-state index is 0.105. The zero-order valence-corrected chi connectivity index (χ0v) is 13.1. The number of carbonyl (C=O) groups is 2. The van der Waals surface area contributed by atoms with Gasteiger partial charge >= 0.3 is 5.97 Å². The molecule has 0 saturated heterocycles. The lowest BCUT2D eigenvalue weighted by molar-refractivity contribution is -0.138. The Hall–Kier alpha value is -1.52. The number of nitrogens with zero attached hydrogens (tertiary/aromatic N) is 2. The van der Waals surface area contributed by atoms with E-state index in [4.69, 9.17) is 5.11 Å². The first kappa shape index (κ1) is 18.5. The standard InChI is InChI=1S/C14H24N2O4/c1-13(2,3)16(14(4,5)6)10(7-8-11(18)19)12(20)15-9-17/h10H,7-8H2,1-6H3,(H,18,19)/t10-/m0/s1. The predicted octanol–water partition coefficient (Wildman–Crippen LogP) is 1.98. The van der Waals surface area contributed by atoms with Crippen LogP contribution in [0.4, 0.5) is 0 Å². The van der Waals surface area contributed by atoms with Gasteiger partial charge in [-0.2, -0.15) is 0 Å². The Morgan fingerprint density at radius 2 is 1.60 bits per heavy atom. The summed E-state index contributed by atoms with van der Waals surface area (Å²) in [6.45, 7) is 11.6. The largest absolute Gasteiger partial charge is 0.481 e. The van der Waals surface area contributed by atoms with Crippen molar-refractivity contribution in [2.45, 2.75) is 71.5 Å². The topological polar surface area (TPSA) is 87.0 Å². The lowest BCUT2D eigenvalue weighted by atomic mass is 9.91. The number of carboxylic acids is 1. The molecule has 6 heteroatoms. The van der Waals surface area contributed by atoms with Crippen LogP contribution in [0.25, 0.3) is 0 Å². The summed E-state index contributed by atoms with van der Waals surface area (Å²) < 4.78 is 0. The quantitative estimate of drug-likeness (QED) is 0.616. The van der Waals surface area contributed by atoms with E-state index in [1.165, 1.54) is 6.08 Å².